The highest BCUT2D eigenvalue weighted by atomic mass is 19.4. The van der Waals surface area contributed by atoms with Gasteiger partial charge in [0.15, 0.2) is 0 Å². The van der Waals surface area contributed by atoms with Crippen molar-refractivity contribution in [2.24, 2.45) is 0 Å². The highest BCUT2D eigenvalue weighted by Gasteiger charge is 3.01. The van der Waals surface area contributed by atoms with Crippen molar-refractivity contribution in [1.82, 2.24) is 0 Å². The van der Waals surface area contributed by atoms with Crippen LogP contribution in [0.3, 0.4) is 0 Å². The van der Waals surface area contributed by atoms with Gasteiger partial charge in [0.05, 0.1) is 0 Å². The fourth-order valence-electron chi connectivity index (χ4n) is 2.83. The lowest BCUT2D eigenvalue weighted by Gasteiger charge is -2.47. The third-order valence-electron chi connectivity index (χ3n) is 5.72. The third-order valence-corrected chi connectivity index (χ3v) is 5.72. The lowest BCUT2D eigenvalue weighted by Crippen LogP contribution is -2.80. The molecule has 0 aromatic carbocycles. The predicted octanol–water partition coefficient (Wildman–Crippen LogP) is 9.88. The largest absolute Gasteiger partial charge is 0.467 e. The Bertz CT molecular complexity index is 1250. The molecular formula is C18H5F29O2. The topological polar surface area (TPSA) is 26.3 Å². The van der Waals surface area contributed by atoms with Crippen LogP contribution in [0.2, 0.25) is 0 Å². The van der Waals surface area contributed by atoms with Crippen LogP contribution < -0.4 is 0 Å². The van der Waals surface area contributed by atoms with E-state index >= 15 is 0 Å². The summed E-state index contributed by atoms with van der Waals surface area (Å²) in [4.78, 5) is 11.0. The third kappa shape index (κ3) is 5.55. The summed E-state index contributed by atoms with van der Waals surface area (Å²) >= 11 is 0. The first-order valence-corrected chi connectivity index (χ1v) is 10.4. The zero-order valence-corrected chi connectivity index (χ0v) is 21.5. The number of carbonyl (C=O) groups excluding carboxylic acids is 1. The molecule has 0 heterocycles. The maximum absolute atomic E-state index is 14.1. The van der Waals surface area contributed by atoms with E-state index in [1.54, 1.807) is 0 Å². The van der Waals surface area contributed by atoms with E-state index in [1.165, 1.54) is 0 Å². The number of alkyl halides is 29. The summed E-state index contributed by atoms with van der Waals surface area (Å²) in [6.07, 6.45) is -25.7. The van der Waals surface area contributed by atoms with E-state index in [9.17, 15) is 132 Å². The van der Waals surface area contributed by atoms with Crippen molar-refractivity contribution < 1.29 is 137 Å². The Kier molecular flexibility index (Phi) is 10.7. The van der Waals surface area contributed by atoms with Crippen LogP contribution in [-0.2, 0) is 9.53 Å². The fourth-order valence-corrected chi connectivity index (χ4v) is 2.83. The van der Waals surface area contributed by atoms with Crippen LogP contribution in [0.1, 0.15) is 6.92 Å². The van der Waals surface area contributed by atoms with Crippen molar-refractivity contribution in [3.63, 3.8) is 0 Å². The molecule has 0 aliphatic rings. The number of hydrogen-bond acceptors (Lipinski definition) is 2. The summed E-state index contributed by atoms with van der Waals surface area (Å²) in [6, 6.07) is 0. The van der Waals surface area contributed by atoms with Crippen LogP contribution >= 0.6 is 0 Å². The summed E-state index contributed by atoms with van der Waals surface area (Å²) in [6.45, 7) is 2.19. The number of carbonyl (C=O) groups is 1. The molecule has 0 aromatic heterocycles. The molecule has 1 unspecified atom stereocenters. The van der Waals surface area contributed by atoms with E-state index < -0.39 is 94.9 Å². The van der Waals surface area contributed by atoms with Gasteiger partial charge in [-0.05, 0) is 6.92 Å². The van der Waals surface area contributed by atoms with E-state index in [0.29, 0.717) is 0 Å². The molecule has 0 fully saturated rings. The molecule has 31 heteroatoms. The molecule has 0 rings (SSSR count). The molecule has 2 nitrogen and oxygen atoms in total. The average molecular weight is 804 g/mol. The van der Waals surface area contributed by atoms with Crippen molar-refractivity contribution in [1.29, 1.82) is 0 Å². The lowest BCUT2D eigenvalue weighted by atomic mass is 9.81. The van der Waals surface area contributed by atoms with Gasteiger partial charge in [0, 0.05) is 5.57 Å². The Balaban J connectivity index is 7.81. The molecular weight excluding hydrogens is 799 g/mol. The smallest absolute Gasteiger partial charge is 0.411 e. The van der Waals surface area contributed by atoms with Gasteiger partial charge < -0.3 is 4.74 Å². The monoisotopic (exact) mass is 804 g/mol. The van der Waals surface area contributed by atoms with Crippen molar-refractivity contribution in [2.45, 2.75) is 90.3 Å². The molecule has 0 N–H and O–H groups in total. The highest BCUT2D eigenvalue weighted by molar-refractivity contribution is 5.87. The van der Waals surface area contributed by atoms with Gasteiger partial charge in [-0.2, -0.15) is 123 Å². The number of hydrogen-bond donors (Lipinski definition) is 0. The van der Waals surface area contributed by atoms with E-state index in [4.69, 9.17) is 0 Å². The summed E-state index contributed by atoms with van der Waals surface area (Å²) in [5, 5.41) is 0. The van der Waals surface area contributed by atoms with Gasteiger partial charge in [0.2, 0.25) is 0 Å². The standard InChI is InChI=1S/C18H5F29O2/c1-3(2)4(48)49-15(38,18(45,46)47)14(36,37)13(34,35)12(32,33)11(30,31)10(28,29)9(26,27)8(24,25)7(22,23)6(20,21)5(19,16(39,40)41)17(42,43)44/h1H2,2H3. The normalized spacial score (nSPS) is 17.5. The number of esters is 1. The van der Waals surface area contributed by atoms with Crippen LogP contribution in [0.5, 0.6) is 0 Å². The second-order valence-electron chi connectivity index (χ2n) is 9.09. The fraction of sp³-hybridized carbons (Fsp3) is 0.833. The summed E-state index contributed by atoms with van der Waals surface area (Å²) in [7, 11) is 0. The predicted molar refractivity (Wildman–Crippen MR) is 91.3 cm³/mol. The number of rotatable bonds is 12. The first kappa shape index (κ1) is 46.2. The van der Waals surface area contributed by atoms with E-state index in [1.807, 2.05) is 0 Å². The maximum atomic E-state index is 14.1. The molecule has 0 aliphatic carbocycles. The van der Waals surface area contributed by atoms with Crippen LogP contribution in [0.25, 0.3) is 0 Å². The highest BCUT2D eigenvalue weighted by Crippen LogP contribution is 2.69. The van der Waals surface area contributed by atoms with Crippen molar-refractivity contribution in [2.75, 3.05) is 0 Å². The molecule has 292 valence electrons. The number of halogens is 29. The second-order valence-corrected chi connectivity index (χ2v) is 9.09. The molecule has 0 saturated carbocycles. The van der Waals surface area contributed by atoms with Crippen LogP contribution in [0, 0.1) is 0 Å². The van der Waals surface area contributed by atoms with Crippen LogP contribution in [0.15, 0.2) is 12.2 Å². The minimum atomic E-state index is -10.0. The van der Waals surface area contributed by atoms with Crippen molar-refractivity contribution in [3.8, 4) is 0 Å². The molecule has 0 aliphatic heterocycles. The van der Waals surface area contributed by atoms with Crippen LogP contribution in [-0.4, -0.2) is 89.3 Å². The minimum absolute atomic E-state index is 0.00331. The van der Waals surface area contributed by atoms with E-state index in [0.717, 1.165) is 0 Å². The van der Waals surface area contributed by atoms with Gasteiger partial charge in [-0.3, -0.25) is 0 Å². The Morgan fingerprint density at radius 1 is 0.367 bits per heavy atom. The zero-order chi connectivity index (χ0) is 40.9. The quantitative estimate of drug-likeness (QED) is 0.112. The molecule has 0 spiro atoms. The van der Waals surface area contributed by atoms with Gasteiger partial charge in [0.1, 0.15) is 0 Å². The number of ether oxygens (including phenoxy) is 1. The summed E-state index contributed by atoms with van der Waals surface area (Å²) < 4.78 is 392. The van der Waals surface area contributed by atoms with Crippen LogP contribution in [0.4, 0.5) is 127 Å². The van der Waals surface area contributed by atoms with Gasteiger partial charge in [0.25, 0.3) is 0 Å². The van der Waals surface area contributed by atoms with Crippen molar-refractivity contribution in [3.05, 3.63) is 12.2 Å². The molecule has 0 amide bonds. The van der Waals surface area contributed by atoms with Gasteiger partial charge in [-0.25, -0.2) is 9.18 Å². The van der Waals surface area contributed by atoms with E-state index in [2.05, 4.69) is 11.3 Å². The Hall–Kier alpha value is -2.82. The van der Waals surface area contributed by atoms with E-state index in [-0.39, 0.29) is 6.92 Å². The lowest BCUT2D eigenvalue weighted by molar-refractivity contribution is -0.493. The maximum Gasteiger partial charge on any atom is 0.467 e. The first-order valence-electron chi connectivity index (χ1n) is 10.4. The zero-order valence-electron chi connectivity index (χ0n) is 21.5. The summed E-state index contributed by atoms with van der Waals surface area (Å²) in [5.41, 5.74) is -11.1. The molecule has 0 radical (unpaired) electrons. The molecule has 0 aromatic rings. The molecule has 0 bridgehead atoms. The molecule has 0 saturated heterocycles. The minimum Gasteiger partial charge on any atom is -0.411 e. The Morgan fingerprint density at radius 2 is 0.571 bits per heavy atom. The SMILES string of the molecule is C=C(C)C(=O)OC(F)(C(F)(F)F)C(F)(F)C(F)(F)C(F)(F)C(F)(F)C(F)(F)C(F)(F)C(F)(F)C(F)(F)C(F)(F)C(F)(C(F)(F)F)C(F)(F)F. The van der Waals surface area contributed by atoms with Gasteiger partial charge in [-0.1, -0.05) is 6.58 Å². The Morgan fingerprint density at radius 3 is 0.755 bits per heavy atom. The second kappa shape index (κ2) is 11.3. The Labute approximate surface area is 246 Å². The average Bonchev–Trinajstić information content (AvgIpc) is 2.84. The van der Waals surface area contributed by atoms with Gasteiger partial charge >= 0.3 is 89.3 Å². The summed E-state index contributed by atoms with van der Waals surface area (Å²) in [5.74, 6) is -99.7. The molecule has 49 heavy (non-hydrogen) atoms. The van der Waals surface area contributed by atoms with Crippen molar-refractivity contribution >= 4 is 5.97 Å². The first-order chi connectivity index (χ1) is 20.6. The van der Waals surface area contributed by atoms with Gasteiger partial charge in [-0.15, -0.1) is 0 Å². The molecule has 1 atom stereocenters.